The van der Waals surface area contributed by atoms with Crippen LogP contribution in [0.3, 0.4) is 0 Å². The number of hydrogen-bond acceptors (Lipinski definition) is 3. The molecule has 3 nitrogen and oxygen atoms in total. The SMILES string of the molecule is C=CCn1c(SCc2c(F)cccc2Cl)nnc1-c1ccccc1C. The Bertz CT molecular complexity index is 887. The third-order valence-corrected chi connectivity index (χ3v) is 5.17. The van der Waals surface area contributed by atoms with Gasteiger partial charge in [-0.3, -0.25) is 4.57 Å². The van der Waals surface area contributed by atoms with Crippen LogP contribution < -0.4 is 0 Å². The van der Waals surface area contributed by atoms with E-state index in [9.17, 15) is 4.39 Å². The molecule has 0 radical (unpaired) electrons. The number of nitrogens with zero attached hydrogens (tertiary/aromatic N) is 3. The smallest absolute Gasteiger partial charge is 0.192 e. The Morgan fingerprint density at radius 3 is 2.72 bits per heavy atom. The van der Waals surface area contributed by atoms with Crippen LogP contribution in [0, 0.1) is 12.7 Å². The van der Waals surface area contributed by atoms with Crippen LogP contribution in [0.4, 0.5) is 4.39 Å². The van der Waals surface area contributed by atoms with Gasteiger partial charge < -0.3 is 0 Å². The molecule has 0 unspecified atom stereocenters. The highest BCUT2D eigenvalue weighted by atomic mass is 35.5. The average molecular weight is 374 g/mol. The lowest BCUT2D eigenvalue weighted by Gasteiger charge is -2.10. The Hall–Kier alpha value is -2.11. The molecule has 0 aliphatic heterocycles. The fraction of sp³-hybridized carbons (Fsp3) is 0.158. The molecule has 1 aromatic heterocycles. The fourth-order valence-corrected chi connectivity index (χ4v) is 3.81. The number of benzene rings is 2. The van der Waals surface area contributed by atoms with Gasteiger partial charge in [-0.05, 0) is 24.6 Å². The minimum absolute atomic E-state index is 0.311. The molecule has 0 saturated heterocycles. The Labute approximate surface area is 155 Å². The molecule has 3 aromatic rings. The minimum atomic E-state index is -0.311. The number of allylic oxidation sites excluding steroid dienone is 1. The number of aromatic nitrogens is 3. The van der Waals surface area contributed by atoms with Crippen LogP contribution in [0.15, 0.2) is 60.3 Å². The molecular formula is C19H17ClFN3S. The average Bonchev–Trinajstić information content (AvgIpc) is 2.98. The first-order valence-corrected chi connectivity index (χ1v) is 9.14. The first-order chi connectivity index (χ1) is 12.1. The lowest BCUT2D eigenvalue weighted by atomic mass is 10.1. The van der Waals surface area contributed by atoms with Crippen molar-refractivity contribution in [3.63, 3.8) is 0 Å². The summed E-state index contributed by atoms with van der Waals surface area (Å²) in [6.45, 7) is 6.42. The van der Waals surface area contributed by atoms with E-state index in [-0.39, 0.29) is 5.82 Å². The maximum Gasteiger partial charge on any atom is 0.192 e. The first kappa shape index (κ1) is 17.7. The molecule has 1 heterocycles. The van der Waals surface area contributed by atoms with Crippen LogP contribution in [-0.4, -0.2) is 14.8 Å². The van der Waals surface area contributed by atoms with Gasteiger partial charge in [0.05, 0.1) is 0 Å². The lowest BCUT2D eigenvalue weighted by Crippen LogP contribution is -2.02. The molecule has 0 saturated carbocycles. The highest BCUT2D eigenvalue weighted by Crippen LogP contribution is 2.30. The second kappa shape index (κ2) is 7.85. The normalized spacial score (nSPS) is 10.8. The fourth-order valence-electron chi connectivity index (χ4n) is 2.52. The molecule has 25 heavy (non-hydrogen) atoms. The zero-order chi connectivity index (χ0) is 17.8. The van der Waals surface area contributed by atoms with Crippen molar-refractivity contribution >= 4 is 23.4 Å². The molecule has 0 spiro atoms. The summed E-state index contributed by atoms with van der Waals surface area (Å²) in [5.41, 5.74) is 2.61. The van der Waals surface area contributed by atoms with Gasteiger partial charge in [0.25, 0.3) is 0 Å². The summed E-state index contributed by atoms with van der Waals surface area (Å²) in [4.78, 5) is 0. The molecule has 3 rings (SSSR count). The van der Waals surface area contributed by atoms with Crippen molar-refractivity contribution in [2.75, 3.05) is 0 Å². The van der Waals surface area contributed by atoms with Crippen LogP contribution in [0.25, 0.3) is 11.4 Å². The number of hydrogen-bond donors (Lipinski definition) is 0. The lowest BCUT2D eigenvalue weighted by molar-refractivity contribution is 0.617. The maximum absolute atomic E-state index is 14.0. The quantitative estimate of drug-likeness (QED) is 0.420. The van der Waals surface area contributed by atoms with Crippen molar-refractivity contribution in [1.29, 1.82) is 0 Å². The van der Waals surface area contributed by atoms with Gasteiger partial charge >= 0.3 is 0 Å². The summed E-state index contributed by atoms with van der Waals surface area (Å²) in [6, 6.07) is 12.7. The van der Waals surface area contributed by atoms with E-state index in [1.807, 2.05) is 35.8 Å². The predicted octanol–water partition coefficient (Wildman–Crippen LogP) is 5.52. The third kappa shape index (κ3) is 3.78. The van der Waals surface area contributed by atoms with Crippen LogP contribution in [-0.2, 0) is 12.3 Å². The van der Waals surface area contributed by atoms with Gasteiger partial charge in [-0.2, -0.15) is 0 Å². The minimum Gasteiger partial charge on any atom is -0.298 e. The molecule has 0 amide bonds. The van der Waals surface area contributed by atoms with E-state index in [2.05, 4.69) is 16.8 Å². The van der Waals surface area contributed by atoms with Crippen molar-refractivity contribution < 1.29 is 4.39 Å². The van der Waals surface area contributed by atoms with Crippen molar-refractivity contribution in [1.82, 2.24) is 14.8 Å². The second-order valence-corrected chi connectivity index (χ2v) is 6.86. The monoisotopic (exact) mass is 373 g/mol. The zero-order valence-electron chi connectivity index (χ0n) is 13.7. The number of rotatable bonds is 6. The van der Waals surface area contributed by atoms with E-state index >= 15 is 0 Å². The summed E-state index contributed by atoms with van der Waals surface area (Å²) in [5, 5.41) is 9.75. The molecule has 0 bridgehead atoms. The zero-order valence-corrected chi connectivity index (χ0v) is 15.3. The van der Waals surface area contributed by atoms with Crippen molar-refractivity contribution in [2.45, 2.75) is 24.4 Å². The van der Waals surface area contributed by atoms with E-state index < -0.39 is 0 Å². The standard InChI is InChI=1S/C19H17ClFN3S/c1-3-11-24-18(14-8-5-4-7-13(14)2)22-23-19(24)25-12-15-16(20)9-6-10-17(15)21/h3-10H,1,11-12H2,2H3. The molecule has 0 atom stereocenters. The van der Waals surface area contributed by atoms with Gasteiger partial charge in [-0.1, -0.05) is 59.8 Å². The van der Waals surface area contributed by atoms with Crippen molar-refractivity contribution in [2.24, 2.45) is 0 Å². The van der Waals surface area contributed by atoms with E-state index in [4.69, 9.17) is 11.6 Å². The van der Waals surface area contributed by atoms with Crippen LogP contribution in [0.5, 0.6) is 0 Å². The third-order valence-electron chi connectivity index (χ3n) is 3.82. The predicted molar refractivity (Wildman–Crippen MR) is 101 cm³/mol. The molecular weight excluding hydrogens is 357 g/mol. The molecule has 0 fully saturated rings. The van der Waals surface area contributed by atoms with Crippen LogP contribution >= 0.6 is 23.4 Å². The summed E-state index contributed by atoms with van der Waals surface area (Å²) >= 11 is 7.51. The Morgan fingerprint density at radius 1 is 1.20 bits per heavy atom. The van der Waals surface area contributed by atoms with Gasteiger partial charge in [0, 0.05) is 28.4 Å². The van der Waals surface area contributed by atoms with E-state index in [0.29, 0.717) is 28.0 Å². The summed E-state index contributed by atoms with van der Waals surface area (Å²) in [7, 11) is 0. The van der Waals surface area contributed by atoms with E-state index in [1.54, 1.807) is 18.2 Å². The highest BCUT2D eigenvalue weighted by molar-refractivity contribution is 7.98. The van der Waals surface area contributed by atoms with Gasteiger partial charge in [-0.25, -0.2) is 4.39 Å². The van der Waals surface area contributed by atoms with E-state index in [0.717, 1.165) is 17.0 Å². The highest BCUT2D eigenvalue weighted by Gasteiger charge is 2.16. The molecule has 2 aromatic carbocycles. The topological polar surface area (TPSA) is 30.7 Å². The Kier molecular flexibility index (Phi) is 5.56. The summed E-state index contributed by atoms with van der Waals surface area (Å²) < 4.78 is 15.9. The number of thioether (sulfide) groups is 1. The molecule has 128 valence electrons. The molecule has 0 aliphatic carbocycles. The molecule has 0 aliphatic rings. The summed E-state index contributed by atoms with van der Waals surface area (Å²) in [5.74, 6) is 0.850. The van der Waals surface area contributed by atoms with Crippen molar-refractivity contribution in [3.8, 4) is 11.4 Å². The van der Waals surface area contributed by atoms with Gasteiger partial charge in [-0.15, -0.1) is 16.8 Å². The van der Waals surface area contributed by atoms with Crippen LogP contribution in [0.1, 0.15) is 11.1 Å². The number of aryl methyl sites for hydroxylation is 1. The maximum atomic E-state index is 14.0. The van der Waals surface area contributed by atoms with Crippen LogP contribution in [0.2, 0.25) is 5.02 Å². The van der Waals surface area contributed by atoms with E-state index in [1.165, 1.54) is 17.8 Å². The Balaban J connectivity index is 1.92. The van der Waals surface area contributed by atoms with Crippen molar-refractivity contribution in [3.05, 3.63) is 77.1 Å². The largest absolute Gasteiger partial charge is 0.298 e. The number of halogens is 2. The van der Waals surface area contributed by atoms with Gasteiger partial charge in [0.1, 0.15) is 5.82 Å². The molecule has 6 heteroatoms. The Morgan fingerprint density at radius 2 is 2.00 bits per heavy atom. The molecule has 0 N–H and O–H groups in total. The van der Waals surface area contributed by atoms with Gasteiger partial charge in [0.15, 0.2) is 11.0 Å². The van der Waals surface area contributed by atoms with Gasteiger partial charge in [0.2, 0.25) is 0 Å². The summed E-state index contributed by atoms with van der Waals surface area (Å²) in [6.07, 6.45) is 1.80. The first-order valence-electron chi connectivity index (χ1n) is 7.77. The second-order valence-electron chi connectivity index (χ2n) is 5.51.